The first kappa shape index (κ1) is 18.7. The second kappa shape index (κ2) is 7.29. The molecule has 0 amide bonds. The third-order valence-electron chi connectivity index (χ3n) is 3.84. The van der Waals surface area contributed by atoms with E-state index in [0.29, 0.717) is 11.0 Å². The molecule has 3 rings (SSSR count). The first-order chi connectivity index (χ1) is 12.8. The van der Waals surface area contributed by atoms with Gasteiger partial charge in [0.2, 0.25) is 9.84 Å². The zero-order chi connectivity index (χ0) is 19.6. The molecule has 6 nitrogen and oxygen atoms in total. The number of anilines is 1. The fraction of sp³-hybridized carbons (Fsp3) is 0.211. The van der Waals surface area contributed by atoms with Gasteiger partial charge in [0.15, 0.2) is 11.1 Å². The Hall–Kier alpha value is -3.05. The van der Waals surface area contributed by atoms with Crippen LogP contribution in [0.4, 0.5) is 10.2 Å². The summed E-state index contributed by atoms with van der Waals surface area (Å²) in [6, 6.07) is 13.1. The first-order valence-corrected chi connectivity index (χ1v) is 9.80. The minimum absolute atomic E-state index is 0.0224. The summed E-state index contributed by atoms with van der Waals surface area (Å²) in [5.74, 6) is -0.323. The van der Waals surface area contributed by atoms with Crippen molar-refractivity contribution in [1.29, 1.82) is 5.26 Å². The number of halogens is 1. The average Bonchev–Trinajstić information content (AvgIpc) is 2.62. The number of para-hydroxylation sites is 2. The molecule has 1 atom stereocenters. The third-order valence-corrected chi connectivity index (χ3v) is 5.72. The van der Waals surface area contributed by atoms with Crippen molar-refractivity contribution in [2.24, 2.45) is 0 Å². The highest BCUT2D eigenvalue weighted by Crippen LogP contribution is 2.32. The number of aromatic nitrogens is 2. The second-order valence-corrected chi connectivity index (χ2v) is 8.29. The molecule has 0 spiro atoms. The van der Waals surface area contributed by atoms with Gasteiger partial charge in [0, 0.05) is 6.04 Å². The molecule has 2 aromatic carbocycles. The van der Waals surface area contributed by atoms with E-state index in [4.69, 9.17) is 0 Å². The van der Waals surface area contributed by atoms with Crippen LogP contribution in [0.15, 0.2) is 53.4 Å². The summed E-state index contributed by atoms with van der Waals surface area (Å²) in [7, 11) is -4.12. The molecule has 0 aliphatic heterocycles. The van der Waals surface area contributed by atoms with Crippen LogP contribution >= 0.6 is 0 Å². The van der Waals surface area contributed by atoms with Crippen LogP contribution in [0.2, 0.25) is 0 Å². The van der Waals surface area contributed by atoms with Gasteiger partial charge < -0.3 is 5.32 Å². The number of rotatable bonds is 5. The van der Waals surface area contributed by atoms with Gasteiger partial charge in [-0.25, -0.2) is 22.8 Å². The molecule has 0 saturated carbocycles. The van der Waals surface area contributed by atoms with Gasteiger partial charge in [-0.3, -0.25) is 0 Å². The zero-order valence-corrected chi connectivity index (χ0v) is 15.5. The predicted octanol–water partition coefficient (Wildman–Crippen LogP) is 3.63. The topological polar surface area (TPSA) is 95.7 Å². The predicted molar refractivity (Wildman–Crippen MR) is 100 cm³/mol. The van der Waals surface area contributed by atoms with Crippen molar-refractivity contribution in [1.82, 2.24) is 9.97 Å². The van der Waals surface area contributed by atoms with Gasteiger partial charge >= 0.3 is 0 Å². The van der Waals surface area contributed by atoms with Crippen LogP contribution in [0, 0.1) is 17.1 Å². The highest BCUT2D eigenvalue weighted by molar-refractivity contribution is 7.92. The normalized spacial score (nSPS) is 12.7. The third kappa shape index (κ3) is 3.73. The van der Waals surface area contributed by atoms with E-state index in [0.717, 1.165) is 24.3 Å². The molecular weight excluding hydrogens is 367 g/mol. The van der Waals surface area contributed by atoms with E-state index in [1.807, 2.05) is 19.9 Å². The van der Waals surface area contributed by atoms with Crippen LogP contribution in [0.5, 0.6) is 0 Å². The lowest BCUT2D eigenvalue weighted by molar-refractivity contribution is 0.589. The molecule has 0 aliphatic carbocycles. The summed E-state index contributed by atoms with van der Waals surface area (Å²) in [6.45, 7) is 3.74. The molecule has 1 unspecified atom stereocenters. The summed E-state index contributed by atoms with van der Waals surface area (Å²) in [5.41, 5.74) is 1.09. The molecule has 0 aliphatic rings. The molecule has 1 N–H and O–H groups in total. The molecule has 1 aromatic heterocycles. The number of nitrogens with one attached hydrogen (secondary N) is 1. The Morgan fingerprint density at radius 1 is 1.04 bits per heavy atom. The lowest BCUT2D eigenvalue weighted by Gasteiger charge is -2.17. The number of hydrogen-bond donors (Lipinski definition) is 1. The van der Waals surface area contributed by atoms with Crippen molar-refractivity contribution in [3.8, 4) is 6.07 Å². The minimum Gasteiger partial charge on any atom is -0.366 e. The number of fused-ring (bicyclic) bond motifs is 1. The number of sulfone groups is 1. The second-order valence-electron chi connectivity index (χ2n) is 6.25. The quantitative estimate of drug-likeness (QED) is 0.675. The maximum Gasteiger partial charge on any atom is 0.200 e. The van der Waals surface area contributed by atoms with Gasteiger partial charge in [-0.1, -0.05) is 12.1 Å². The van der Waals surface area contributed by atoms with Gasteiger partial charge in [0.05, 0.1) is 22.0 Å². The van der Waals surface area contributed by atoms with E-state index in [1.54, 1.807) is 24.3 Å². The van der Waals surface area contributed by atoms with E-state index in [1.165, 1.54) is 0 Å². The number of nitrogens with zero attached hydrogens (tertiary/aromatic N) is 3. The van der Waals surface area contributed by atoms with Gasteiger partial charge in [-0.2, -0.15) is 5.26 Å². The van der Waals surface area contributed by atoms with E-state index < -0.39 is 20.9 Å². The van der Waals surface area contributed by atoms with Crippen molar-refractivity contribution < 1.29 is 12.8 Å². The number of nitriles is 1. The van der Waals surface area contributed by atoms with Crippen LogP contribution in [0.3, 0.4) is 0 Å². The van der Waals surface area contributed by atoms with Crippen LogP contribution in [0.25, 0.3) is 11.0 Å². The first-order valence-electron chi connectivity index (χ1n) is 8.25. The van der Waals surface area contributed by atoms with Crippen molar-refractivity contribution in [3.05, 3.63) is 60.0 Å². The molecule has 1 heterocycles. The van der Waals surface area contributed by atoms with E-state index in [2.05, 4.69) is 15.3 Å². The molecule has 27 heavy (non-hydrogen) atoms. The molecule has 0 fully saturated rings. The van der Waals surface area contributed by atoms with Crippen LogP contribution in [-0.4, -0.2) is 24.4 Å². The summed E-state index contributed by atoms with van der Waals surface area (Å²) in [5, 5.41) is 11.1. The highest BCUT2D eigenvalue weighted by atomic mass is 32.2. The van der Waals surface area contributed by atoms with E-state index >= 15 is 0 Å². The Morgan fingerprint density at radius 2 is 1.63 bits per heavy atom. The Balaban J connectivity index is 2.20. The smallest absolute Gasteiger partial charge is 0.200 e. The largest absolute Gasteiger partial charge is 0.366 e. The Kier molecular flexibility index (Phi) is 5.06. The fourth-order valence-electron chi connectivity index (χ4n) is 2.61. The van der Waals surface area contributed by atoms with E-state index in [9.17, 15) is 18.1 Å². The standard InChI is InChI=1S/C19H17FN4O2S/c1-12(2)22-19-18(23-15-5-3-4-6-16(15)24-19)17(11-21)27(25,26)14-9-7-13(20)8-10-14/h3-10,12,17H,1-2H3,(H,22,24). The summed E-state index contributed by atoms with van der Waals surface area (Å²) < 4.78 is 39.2. The van der Waals surface area contributed by atoms with Crippen molar-refractivity contribution in [3.63, 3.8) is 0 Å². The summed E-state index contributed by atoms with van der Waals surface area (Å²) in [6.07, 6.45) is 0. The van der Waals surface area contributed by atoms with Crippen LogP contribution in [-0.2, 0) is 9.84 Å². The van der Waals surface area contributed by atoms with Gasteiger partial charge in [0.25, 0.3) is 0 Å². The lowest BCUT2D eigenvalue weighted by Crippen LogP contribution is -2.20. The maximum atomic E-state index is 13.2. The molecule has 8 heteroatoms. The Morgan fingerprint density at radius 3 is 2.19 bits per heavy atom. The van der Waals surface area contributed by atoms with Crippen molar-refractivity contribution in [2.45, 2.75) is 30.0 Å². The molecule has 0 bridgehead atoms. The lowest BCUT2D eigenvalue weighted by atomic mass is 10.2. The zero-order valence-electron chi connectivity index (χ0n) is 14.7. The molecule has 0 radical (unpaired) electrons. The summed E-state index contributed by atoms with van der Waals surface area (Å²) in [4.78, 5) is 8.71. The van der Waals surface area contributed by atoms with Gasteiger partial charge in [-0.15, -0.1) is 0 Å². The van der Waals surface area contributed by atoms with Gasteiger partial charge in [0.1, 0.15) is 11.5 Å². The minimum atomic E-state index is -4.12. The average molecular weight is 384 g/mol. The molecular formula is C19H17FN4O2S. The monoisotopic (exact) mass is 384 g/mol. The fourth-order valence-corrected chi connectivity index (χ4v) is 4.00. The molecule has 138 valence electrons. The number of hydrogen-bond acceptors (Lipinski definition) is 6. The molecule has 0 saturated heterocycles. The van der Waals surface area contributed by atoms with Crippen LogP contribution in [0.1, 0.15) is 24.8 Å². The van der Waals surface area contributed by atoms with Gasteiger partial charge in [-0.05, 0) is 50.2 Å². The SMILES string of the molecule is CC(C)Nc1nc2ccccc2nc1C(C#N)S(=O)(=O)c1ccc(F)cc1. The maximum absolute atomic E-state index is 13.2. The van der Waals surface area contributed by atoms with Crippen LogP contribution < -0.4 is 5.32 Å². The molecule has 3 aromatic rings. The highest BCUT2D eigenvalue weighted by Gasteiger charge is 2.33. The number of benzene rings is 2. The Labute approximate surface area is 156 Å². The van der Waals surface area contributed by atoms with Crippen molar-refractivity contribution >= 4 is 26.7 Å². The Bertz CT molecular complexity index is 1120. The van der Waals surface area contributed by atoms with Crippen molar-refractivity contribution in [2.75, 3.05) is 5.32 Å². The summed E-state index contributed by atoms with van der Waals surface area (Å²) >= 11 is 0. The van der Waals surface area contributed by atoms with E-state index in [-0.39, 0.29) is 22.4 Å².